The van der Waals surface area contributed by atoms with Gasteiger partial charge in [-0.1, -0.05) is 42.2 Å². The van der Waals surface area contributed by atoms with Gasteiger partial charge in [0, 0.05) is 10.9 Å². The van der Waals surface area contributed by atoms with Crippen LogP contribution in [-0.2, 0) is 6.54 Å². The van der Waals surface area contributed by atoms with E-state index in [1.54, 1.807) is 18.4 Å². The van der Waals surface area contributed by atoms with Gasteiger partial charge in [0.1, 0.15) is 23.7 Å². The van der Waals surface area contributed by atoms with Gasteiger partial charge in [-0.05, 0) is 36.4 Å². The van der Waals surface area contributed by atoms with Crippen molar-refractivity contribution in [3.05, 3.63) is 72.6 Å². The first-order valence-corrected chi connectivity index (χ1v) is 8.28. The van der Waals surface area contributed by atoms with Gasteiger partial charge in [0.25, 0.3) is 0 Å². The molecule has 2 aromatic carbocycles. The number of hydrogen-bond donors (Lipinski definition) is 1. The molecule has 1 aromatic heterocycles. The molecule has 0 unspecified atom stereocenters. The molecule has 0 atom stereocenters. The van der Waals surface area contributed by atoms with Gasteiger partial charge in [-0.3, -0.25) is 0 Å². The Kier molecular flexibility index (Phi) is 4.74. The quantitative estimate of drug-likeness (QED) is 0.528. The molecule has 0 bridgehead atoms. The molecule has 0 amide bonds. The molecule has 0 aliphatic carbocycles. The van der Waals surface area contributed by atoms with E-state index in [1.807, 2.05) is 36.4 Å². The fraction of sp³-hybridized carbons (Fsp3) is 0.105. The lowest BCUT2D eigenvalue weighted by molar-refractivity contribution is -0.657. The molecule has 0 saturated heterocycles. The molecule has 4 heteroatoms. The molecule has 116 valence electrons. The molecule has 0 aliphatic heterocycles. The Morgan fingerprint density at radius 2 is 1.87 bits per heavy atom. The van der Waals surface area contributed by atoms with E-state index in [9.17, 15) is 0 Å². The number of aromatic nitrogens is 1. The maximum absolute atomic E-state index is 5.23. The first-order valence-electron chi connectivity index (χ1n) is 7.40. The minimum atomic E-state index is 0.750. The molecule has 3 nitrogen and oxygen atoms in total. The first-order chi connectivity index (χ1) is 11.3. The van der Waals surface area contributed by atoms with Crippen LogP contribution >= 0.6 is 11.3 Å². The standard InChI is InChI=1S/C19H18N2OS/c1-3-13-21-18(15-9-11-17(22-2)12-10-15)14-23-19(21)20-16-7-5-4-6-8-16/h3-12,14H,1,13H2,2H3/p+1. The molecular weight excluding hydrogens is 304 g/mol. The Labute approximate surface area is 140 Å². The fourth-order valence-corrected chi connectivity index (χ4v) is 3.35. The number of nitrogens with one attached hydrogen (secondary N) is 1. The number of methoxy groups -OCH3 is 1. The lowest BCUT2D eigenvalue weighted by atomic mass is 10.1. The molecule has 3 aromatic rings. The number of para-hydroxylation sites is 1. The number of ether oxygens (including phenoxy) is 1. The summed E-state index contributed by atoms with van der Waals surface area (Å²) in [6, 6.07) is 18.3. The maximum Gasteiger partial charge on any atom is 0.339 e. The van der Waals surface area contributed by atoms with Crippen molar-refractivity contribution in [2.45, 2.75) is 6.54 Å². The average molecular weight is 323 g/mol. The molecule has 1 N–H and O–H groups in total. The highest BCUT2D eigenvalue weighted by Gasteiger charge is 2.18. The van der Waals surface area contributed by atoms with Crippen LogP contribution in [0, 0.1) is 0 Å². The Hall–Kier alpha value is -2.59. The third kappa shape index (κ3) is 3.43. The monoisotopic (exact) mass is 323 g/mol. The average Bonchev–Trinajstić information content (AvgIpc) is 2.99. The van der Waals surface area contributed by atoms with E-state index < -0.39 is 0 Å². The fourth-order valence-electron chi connectivity index (χ4n) is 2.39. The summed E-state index contributed by atoms with van der Waals surface area (Å²) in [5.74, 6) is 0.863. The third-order valence-corrected chi connectivity index (χ3v) is 4.43. The SMILES string of the molecule is C=CC[n+]1c(-c2ccc(OC)cc2)csc1Nc1ccccc1. The van der Waals surface area contributed by atoms with Crippen molar-refractivity contribution < 1.29 is 9.30 Å². The molecule has 3 rings (SSSR count). The predicted octanol–water partition coefficient (Wildman–Crippen LogP) is 4.64. The Morgan fingerprint density at radius 1 is 1.13 bits per heavy atom. The van der Waals surface area contributed by atoms with E-state index in [4.69, 9.17) is 4.74 Å². The smallest absolute Gasteiger partial charge is 0.339 e. The van der Waals surface area contributed by atoms with Crippen LogP contribution in [0.25, 0.3) is 11.3 Å². The van der Waals surface area contributed by atoms with Gasteiger partial charge in [0.05, 0.1) is 7.11 Å². The zero-order valence-electron chi connectivity index (χ0n) is 13.0. The van der Waals surface area contributed by atoms with Crippen LogP contribution in [0.4, 0.5) is 10.8 Å². The molecule has 0 fully saturated rings. The van der Waals surface area contributed by atoms with Crippen LogP contribution in [0.15, 0.2) is 72.6 Å². The number of allylic oxidation sites excluding steroid dienone is 1. The second-order valence-corrected chi connectivity index (χ2v) is 5.90. The van der Waals surface area contributed by atoms with Crippen molar-refractivity contribution in [1.82, 2.24) is 0 Å². The zero-order chi connectivity index (χ0) is 16.1. The number of rotatable bonds is 6. The molecular formula is C19H19N2OS+. The third-order valence-electron chi connectivity index (χ3n) is 3.54. The summed E-state index contributed by atoms with van der Waals surface area (Å²) in [5.41, 5.74) is 3.40. The number of nitrogens with zero attached hydrogens (tertiary/aromatic N) is 1. The summed E-state index contributed by atoms with van der Waals surface area (Å²) >= 11 is 1.69. The van der Waals surface area contributed by atoms with Crippen molar-refractivity contribution in [2.24, 2.45) is 0 Å². The van der Waals surface area contributed by atoms with Crippen LogP contribution in [0.1, 0.15) is 0 Å². The highest BCUT2D eigenvalue weighted by molar-refractivity contribution is 7.13. The number of anilines is 2. The summed E-state index contributed by atoms with van der Waals surface area (Å²) in [6.45, 7) is 4.63. The van der Waals surface area contributed by atoms with Gasteiger partial charge in [0.2, 0.25) is 0 Å². The highest BCUT2D eigenvalue weighted by Crippen LogP contribution is 2.26. The second kappa shape index (κ2) is 7.11. The van der Waals surface area contributed by atoms with Crippen molar-refractivity contribution in [1.29, 1.82) is 0 Å². The van der Waals surface area contributed by atoms with Crippen LogP contribution in [0.2, 0.25) is 0 Å². The van der Waals surface area contributed by atoms with E-state index >= 15 is 0 Å². The van der Waals surface area contributed by atoms with Crippen molar-refractivity contribution in [3.63, 3.8) is 0 Å². The Balaban J connectivity index is 1.95. The Morgan fingerprint density at radius 3 is 2.52 bits per heavy atom. The zero-order valence-corrected chi connectivity index (χ0v) is 13.8. The van der Waals surface area contributed by atoms with Gasteiger partial charge in [0.15, 0.2) is 0 Å². The summed E-state index contributed by atoms with van der Waals surface area (Å²) < 4.78 is 7.46. The van der Waals surface area contributed by atoms with Crippen LogP contribution in [0.3, 0.4) is 0 Å². The van der Waals surface area contributed by atoms with E-state index in [-0.39, 0.29) is 0 Å². The lowest BCUT2D eigenvalue weighted by Crippen LogP contribution is -2.35. The lowest BCUT2D eigenvalue weighted by Gasteiger charge is -2.05. The molecule has 0 saturated carbocycles. The van der Waals surface area contributed by atoms with Gasteiger partial charge in [-0.2, -0.15) is 0 Å². The normalized spacial score (nSPS) is 10.3. The van der Waals surface area contributed by atoms with E-state index in [2.05, 4.69) is 46.1 Å². The topological polar surface area (TPSA) is 25.1 Å². The van der Waals surface area contributed by atoms with Crippen molar-refractivity contribution in [3.8, 4) is 17.0 Å². The summed E-state index contributed by atoms with van der Waals surface area (Å²) in [5, 5.41) is 6.73. The van der Waals surface area contributed by atoms with Crippen molar-refractivity contribution in [2.75, 3.05) is 12.4 Å². The molecule has 0 aliphatic rings. The number of thiazole rings is 1. The summed E-state index contributed by atoms with van der Waals surface area (Å²) in [7, 11) is 1.68. The summed E-state index contributed by atoms with van der Waals surface area (Å²) in [6.07, 6.45) is 1.91. The Bertz CT molecular complexity index is 779. The maximum atomic E-state index is 5.23. The van der Waals surface area contributed by atoms with Crippen LogP contribution < -0.4 is 14.6 Å². The highest BCUT2D eigenvalue weighted by atomic mass is 32.1. The largest absolute Gasteiger partial charge is 0.497 e. The van der Waals surface area contributed by atoms with Crippen LogP contribution in [-0.4, -0.2) is 7.11 Å². The van der Waals surface area contributed by atoms with Gasteiger partial charge < -0.3 is 4.74 Å². The molecule has 23 heavy (non-hydrogen) atoms. The van der Waals surface area contributed by atoms with E-state index in [0.717, 1.165) is 34.4 Å². The first kappa shape index (κ1) is 15.3. The van der Waals surface area contributed by atoms with Crippen molar-refractivity contribution >= 4 is 22.2 Å². The predicted molar refractivity (Wildman–Crippen MR) is 96.4 cm³/mol. The van der Waals surface area contributed by atoms with Crippen LogP contribution in [0.5, 0.6) is 5.75 Å². The minimum Gasteiger partial charge on any atom is -0.497 e. The van der Waals surface area contributed by atoms with E-state index in [1.165, 1.54) is 0 Å². The second-order valence-electron chi connectivity index (χ2n) is 5.04. The van der Waals surface area contributed by atoms with E-state index in [0.29, 0.717) is 0 Å². The minimum absolute atomic E-state index is 0.750. The number of hydrogen-bond acceptors (Lipinski definition) is 3. The number of benzene rings is 2. The molecule has 0 spiro atoms. The van der Waals surface area contributed by atoms with Gasteiger partial charge in [-0.15, -0.1) is 0 Å². The van der Waals surface area contributed by atoms with Gasteiger partial charge >= 0.3 is 5.13 Å². The molecule has 1 heterocycles. The molecule has 0 radical (unpaired) electrons. The summed E-state index contributed by atoms with van der Waals surface area (Å²) in [4.78, 5) is 0. The van der Waals surface area contributed by atoms with Gasteiger partial charge in [-0.25, -0.2) is 9.88 Å².